The molecule has 0 fully saturated rings. The summed E-state index contributed by atoms with van der Waals surface area (Å²) >= 11 is 3.52. The molecule has 4 aromatic rings. The van der Waals surface area contributed by atoms with Crippen LogP contribution < -0.4 is 4.57 Å². The Kier molecular flexibility index (Phi) is 4.14. The summed E-state index contributed by atoms with van der Waals surface area (Å²) in [5.74, 6) is 0. The molecule has 0 unspecified atom stereocenters. The van der Waals surface area contributed by atoms with Gasteiger partial charge in [-0.15, -0.1) is 0 Å². The molecule has 3 aromatic carbocycles. The van der Waals surface area contributed by atoms with E-state index in [4.69, 9.17) is 0 Å². The lowest BCUT2D eigenvalue weighted by molar-refractivity contribution is -0.651. The van der Waals surface area contributed by atoms with Gasteiger partial charge in [-0.3, -0.25) is 0 Å². The van der Waals surface area contributed by atoms with E-state index in [1.165, 1.54) is 27.7 Å². The van der Waals surface area contributed by atoms with E-state index in [0.29, 0.717) is 0 Å². The molecule has 1 nitrogen and oxygen atoms in total. The van der Waals surface area contributed by atoms with Crippen molar-refractivity contribution in [1.29, 1.82) is 0 Å². The molecule has 0 aliphatic rings. The number of hydrogen-bond donors (Lipinski definition) is 0. The maximum absolute atomic E-state index is 3.52. The first-order chi connectivity index (χ1) is 11.8. The molecule has 0 bridgehead atoms. The summed E-state index contributed by atoms with van der Waals surface area (Å²) in [5, 5.41) is 1.26. The highest BCUT2D eigenvalue weighted by Gasteiger charge is 2.17. The van der Waals surface area contributed by atoms with Gasteiger partial charge in [0.05, 0.1) is 0 Å². The Balaban J connectivity index is 1.92. The minimum Gasteiger partial charge on any atom is -0.187 e. The van der Waals surface area contributed by atoms with Gasteiger partial charge >= 0.3 is 0 Å². The van der Waals surface area contributed by atoms with Gasteiger partial charge in [0, 0.05) is 33.1 Å². The minimum absolute atomic E-state index is 0.855. The van der Waals surface area contributed by atoms with Gasteiger partial charge in [-0.2, -0.15) is 4.57 Å². The van der Waals surface area contributed by atoms with Gasteiger partial charge in [0.2, 0.25) is 11.2 Å². The maximum atomic E-state index is 3.52. The zero-order chi connectivity index (χ0) is 16.4. The van der Waals surface area contributed by atoms with Crippen LogP contribution in [0.3, 0.4) is 0 Å². The number of aromatic nitrogens is 1. The topological polar surface area (TPSA) is 3.88 Å². The molecule has 24 heavy (non-hydrogen) atoms. The second kappa shape index (κ2) is 6.58. The first-order valence-corrected chi connectivity index (χ1v) is 8.82. The van der Waals surface area contributed by atoms with E-state index in [1.807, 2.05) is 0 Å². The third-order valence-electron chi connectivity index (χ3n) is 4.26. The molecule has 0 aliphatic heterocycles. The van der Waals surface area contributed by atoms with E-state index in [0.717, 1.165) is 11.0 Å². The Morgan fingerprint density at radius 1 is 0.667 bits per heavy atom. The van der Waals surface area contributed by atoms with Crippen LogP contribution in [-0.2, 0) is 6.54 Å². The number of nitrogens with zero attached hydrogens (tertiary/aromatic N) is 1. The third-order valence-corrected chi connectivity index (χ3v) is 4.79. The highest BCUT2D eigenvalue weighted by atomic mass is 79.9. The Morgan fingerprint density at radius 2 is 1.38 bits per heavy atom. The molecule has 0 saturated carbocycles. The largest absolute Gasteiger partial charge is 0.213 e. The second-order valence-electron chi connectivity index (χ2n) is 5.86. The quantitative estimate of drug-likeness (QED) is 0.410. The van der Waals surface area contributed by atoms with Crippen molar-refractivity contribution >= 4 is 26.8 Å². The fourth-order valence-corrected chi connectivity index (χ4v) is 3.34. The lowest BCUT2D eigenvalue weighted by atomic mass is 10.1. The summed E-state index contributed by atoms with van der Waals surface area (Å²) in [7, 11) is 0. The number of pyridine rings is 1. The van der Waals surface area contributed by atoms with Gasteiger partial charge in [0.25, 0.3) is 0 Å². The zero-order valence-electron chi connectivity index (χ0n) is 13.2. The van der Waals surface area contributed by atoms with Crippen molar-refractivity contribution in [2.24, 2.45) is 0 Å². The molecule has 116 valence electrons. The molecule has 0 N–H and O–H groups in total. The lowest BCUT2D eigenvalue weighted by Gasteiger charge is -2.08. The monoisotopic (exact) mass is 374 g/mol. The van der Waals surface area contributed by atoms with Gasteiger partial charge in [0.15, 0.2) is 6.54 Å². The van der Waals surface area contributed by atoms with Crippen LogP contribution in [0.4, 0.5) is 0 Å². The summed E-state index contributed by atoms with van der Waals surface area (Å²) in [4.78, 5) is 0. The fraction of sp³-hybridized carbons (Fsp3) is 0.0455. The Bertz CT molecular complexity index is 976. The molecule has 0 spiro atoms. The second-order valence-corrected chi connectivity index (χ2v) is 6.77. The van der Waals surface area contributed by atoms with Crippen LogP contribution in [0.15, 0.2) is 95.5 Å². The van der Waals surface area contributed by atoms with Crippen molar-refractivity contribution in [3.63, 3.8) is 0 Å². The van der Waals surface area contributed by atoms with Crippen molar-refractivity contribution in [1.82, 2.24) is 0 Å². The molecule has 1 aromatic heterocycles. The minimum atomic E-state index is 0.855. The molecule has 0 atom stereocenters. The van der Waals surface area contributed by atoms with Crippen molar-refractivity contribution in [3.05, 3.63) is 101 Å². The maximum Gasteiger partial charge on any atom is 0.213 e. The number of fused-ring (bicyclic) bond motifs is 1. The summed E-state index contributed by atoms with van der Waals surface area (Å²) in [6.45, 7) is 0.855. The normalized spacial score (nSPS) is 10.9. The molecule has 0 radical (unpaired) electrons. The van der Waals surface area contributed by atoms with Crippen LogP contribution >= 0.6 is 15.9 Å². The van der Waals surface area contributed by atoms with Crippen molar-refractivity contribution in [3.8, 4) is 11.3 Å². The number of para-hydroxylation sites is 1. The van der Waals surface area contributed by atoms with E-state index in [2.05, 4.69) is 111 Å². The van der Waals surface area contributed by atoms with Crippen molar-refractivity contribution in [2.45, 2.75) is 6.54 Å². The number of halogens is 1. The van der Waals surface area contributed by atoms with Gasteiger partial charge in [0.1, 0.15) is 0 Å². The third kappa shape index (κ3) is 2.98. The molecule has 2 heteroatoms. The number of benzene rings is 3. The smallest absolute Gasteiger partial charge is 0.187 e. The Hall–Kier alpha value is -2.45. The first kappa shape index (κ1) is 15.1. The van der Waals surface area contributed by atoms with E-state index in [1.54, 1.807) is 0 Å². The summed E-state index contributed by atoms with van der Waals surface area (Å²) < 4.78 is 3.50. The molecule has 0 amide bonds. The highest BCUT2D eigenvalue weighted by Crippen LogP contribution is 2.22. The van der Waals surface area contributed by atoms with Crippen molar-refractivity contribution < 1.29 is 4.57 Å². The first-order valence-electron chi connectivity index (χ1n) is 8.03. The standard InChI is InChI=1S/C22H17BrN/c23-20-13-10-19(11-14-20)22-15-12-18-8-4-5-9-21(18)24(22)16-17-6-2-1-3-7-17/h1-15H,16H2/q+1. The van der Waals surface area contributed by atoms with E-state index in [-0.39, 0.29) is 0 Å². The highest BCUT2D eigenvalue weighted by molar-refractivity contribution is 9.10. The SMILES string of the molecule is Brc1ccc(-c2ccc3ccccc3[n+]2Cc2ccccc2)cc1. The van der Waals surface area contributed by atoms with Crippen molar-refractivity contribution in [2.75, 3.05) is 0 Å². The molecular weight excluding hydrogens is 358 g/mol. The van der Waals surface area contributed by atoms with Crippen LogP contribution in [0.2, 0.25) is 0 Å². The van der Waals surface area contributed by atoms with Gasteiger partial charge in [-0.05, 0) is 36.4 Å². The van der Waals surface area contributed by atoms with Gasteiger partial charge in [-0.1, -0.05) is 58.4 Å². The number of rotatable bonds is 3. The molecular formula is C22H17BrN+. The van der Waals surface area contributed by atoms with E-state index < -0.39 is 0 Å². The Morgan fingerprint density at radius 3 is 2.17 bits per heavy atom. The average Bonchev–Trinajstić information content (AvgIpc) is 2.64. The van der Waals surface area contributed by atoms with Gasteiger partial charge < -0.3 is 0 Å². The lowest BCUT2D eigenvalue weighted by Crippen LogP contribution is -2.37. The zero-order valence-corrected chi connectivity index (χ0v) is 14.8. The molecule has 0 aliphatic carbocycles. The van der Waals surface area contributed by atoms with Crippen LogP contribution in [0.1, 0.15) is 5.56 Å². The van der Waals surface area contributed by atoms with Crippen LogP contribution in [0, 0.1) is 0 Å². The predicted molar refractivity (Wildman–Crippen MR) is 103 cm³/mol. The summed E-state index contributed by atoms with van der Waals surface area (Å²) in [6, 6.07) is 32.1. The van der Waals surface area contributed by atoms with Crippen LogP contribution in [-0.4, -0.2) is 0 Å². The van der Waals surface area contributed by atoms with Crippen LogP contribution in [0.5, 0.6) is 0 Å². The van der Waals surface area contributed by atoms with E-state index >= 15 is 0 Å². The molecule has 4 rings (SSSR count). The summed E-state index contributed by atoms with van der Waals surface area (Å²) in [6.07, 6.45) is 0. The summed E-state index contributed by atoms with van der Waals surface area (Å²) in [5.41, 5.74) is 5.00. The molecule has 0 saturated heterocycles. The van der Waals surface area contributed by atoms with E-state index in [9.17, 15) is 0 Å². The predicted octanol–water partition coefficient (Wildman–Crippen LogP) is 5.61. The number of hydrogen-bond acceptors (Lipinski definition) is 0. The fourth-order valence-electron chi connectivity index (χ4n) is 3.07. The Labute approximate surface area is 150 Å². The van der Waals surface area contributed by atoms with Crippen LogP contribution in [0.25, 0.3) is 22.2 Å². The van der Waals surface area contributed by atoms with Gasteiger partial charge in [-0.25, -0.2) is 0 Å². The molecule has 1 heterocycles. The average molecular weight is 375 g/mol.